The second kappa shape index (κ2) is 3.79. The van der Waals surface area contributed by atoms with E-state index in [1.54, 1.807) is 11.8 Å². The van der Waals surface area contributed by atoms with Crippen LogP contribution in [0.5, 0.6) is 0 Å². The predicted molar refractivity (Wildman–Crippen MR) is 65.9 cm³/mol. The SMILES string of the molecule is CC1CSc2nnc(-c3cccc(Cl)c3)n21. The van der Waals surface area contributed by atoms with Crippen LogP contribution in [0.3, 0.4) is 0 Å². The summed E-state index contributed by atoms with van der Waals surface area (Å²) in [6.07, 6.45) is 0. The first-order valence-electron chi connectivity index (χ1n) is 5.09. The Morgan fingerprint density at radius 1 is 1.44 bits per heavy atom. The third-order valence-corrected chi connectivity index (χ3v) is 4.06. The van der Waals surface area contributed by atoms with Gasteiger partial charge in [0.2, 0.25) is 0 Å². The van der Waals surface area contributed by atoms with Crippen molar-refractivity contribution in [3.05, 3.63) is 29.3 Å². The Labute approximate surface area is 103 Å². The fraction of sp³-hybridized carbons (Fsp3) is 0.273. The number of halogens is 1. The van der Waals surface area contributed by atoms with Crippen molar-refractivity contribution in [1.29, 1.82) is 0 Å². The minimum absolute atomic E-state index is 0.448. The highest BCUT2D eigenvalue weighted by Gasteiger charge is 2.24. The van der Waals surface area contributed by atoms with E-state index in [4.69, 9.17) is 11.6 Å². The summed E-state index contributed by atoms with van der Waals surface area (Å²) in [4.78, 5) is 0. The molecule has 82 valence electrons. The van der Waals surface area contributed by atoms with Crippen molar-refractivity contribution in [3.63, 3.8) is 0 Å². The van der Waals surface area contributed by atoms with E-state index in [0.29, 0.717) is 6.04 Å². The third kappa shape index (κ3) is 1.53. The molecule has 1 aliphatic rings. The highest BCUT2D eigenvalue weighted by atomic mass is 35.5. The molecule has 1 atom stereocenters. The zero-order chi connectivity index (χ0) is 11.1. The molecule has 0 saturated heterocycles. The van der Waals surface area contributed by atoms with E-state index < -0.39 is 0 Å². The molecule has 2 heterocycles. The van der Waals surface area contributed by atoms with Crippen LogP contribution in [0.4, 0.5) is 0 Å². The molecule has 0 radical (unpaired) electrons. The standard InChI is InChI=1S/C11H10ClN3S/c1-7-6-16-11-14-13-10(15(7)11)8-3-2-4-9(12)5-8/h2-5,7H,6H2,1H3. The molecule has 0 amide bonds. The topological polar surface area (TPSA) is 30.7 Å². The van der Waals surface area contributed by atoms with Gasteiger partial charge in [-0.3, -0.25) is 4.57 Å². The van der Waals surface area contributed by atoms with E-state index in [-0.39, 0.29) is 0 Å². The maximum absolute atomic E-state index is 5.99. The number of hydrogen-bond donors (Lipinski definition) is 0. The first-order chi connectivity index (χ1) is 7.75. The van der Waals surface area contributed by atoms with Crippen molar-refractivity contribution >= 4 is 23.4 Å². The van der Waals surface area contributed by atoms with E-state index in [2.05, 4.69) is 21.7 Å². The summed E-state index contributed by atoms with van der Waals surface area (Å²) < 4.78 is 2.18. The van der Waals surface area contributed by atoms with Crippen LogP contribution < -0.4 is 0 Å². The Morgan fingerprint density at radius 3 is 3.12 bits per heavy atom. The van der Waals surface area contributed by atoms with Gasteiger partial charge in [-0.25, -0.2) is 0 Å². The predicted octanol–water partition coefficient (Wildman–Crippen LogP) is 3.27. The van der Waals surface area contributed by atoms with Gasteiger partial charge in [0.05, 0.1) is 0 Å². The van der Waals surface area contributed by atoms with E-state index in [9.17, 15) is 0 Å². The van der Waals surface area contributed by atoms with Crippen molar-refractivity contribution < 1.29 is 0 Å². The molecule has 3 nitrogen and oxygen atoms in total. The fourth-order valence-corrected chi connectivity index (χ4v) is 3.10. The lowest BCUT2D eigenvalue weighted by molar-refractivity contribution is 0.589. The maximum atomic E-state index is 5.99. The number of benzene rings is 1. The normalized spacial score (nSPS) is 18.8. The van der Waals surface area contributed by atoms with Gasteiger partial charge in [-0.15, -0.1) is 10.2 Å². The quantitative estimate of drug-likeness (QED) is 0.779. The van der Waals surface area contributed by atoms with Gasteiger partial charge >= 0.3 is 0 Å². The molecule has 1 aliphatic heterocycles. The molecule has 0 saturated carbocycles. The van der Waals surface area contributed by atoms with Crippen LogP contribution in [0, 0.1) is 0 Å². The summed E-state index contributed by atoms with van der Waals surface area (Å²) in [5.41, 5.74) is 1.03. The van der Waals surface area contributed by atoms with Crippen LogP contribution >= 0.6 is 23.4 Å². The molecule has 0 bridgehead atoms. The molecule has 5 heteroatoms. The van der Waals surface area contributed by atoms with Crippen molar-refractivity contribution in [3.8, 4) is 11.4 Å². The number of aromatic nitrogens is 3. The van der Waals surface area contributed by atoms with E-state index in [1.165, 1.54) is 0 Å². The molecule has 0 N–H and O–H groups in total. The Balaban J connectivity index is 2.14. The number of thioether (sulfide) groups is 1. The molecular weight excluding hydrogens is 242 g/mol. The van der Waals surface area contributed by atoms with E-state index in [0.717, 1.165) is 27.3 Å². The van der Waals surface area contributed by atoms with Gasteiger partial charge in [-0.05, 0) is 19.1 Å². The minimum Gasteiger partial charge on any atom is -0.298 e. The van der Waals surface area contributed by atoms with Crippen LogP contribution in [-0.4, -0.2) is 20.5 Å². The summed E-state index contributed by atoms with van der Waals surface area (Å²) in [5.74, 6) is 1.98. The molecule has 0 fully saturated rings. The number of nitrogens with zero attached hydrogens (tertiary/aromatic N) is 3. The summed E-state index contributed by atoms with van der Waals surface area (Å²) in [5, 5.41) is 10.2. The number of rotatable bonds is 1. The van der Waals surface area contributed by atoms with Gasteiger partial charge in [-0.2, -0.15) is 0 Å². The lowest BCUT2D eigenvalue weighted by Crippen LogP contribution is -2.03. The van der Waals surface area contributed by atoms with Crippen molar-refractivity contribution in [1.82, 2.24) is 14.8 Å². The fourth-order valence-electron chi connectivity index (χ4n) is 1.87. The summed E-state index contributed by atoms with van der Waals surface area (Å²) >= 11 is 7.74. The van der Waals surface area contributed by atoms with Crippen LogP contribution in [0.25, 0.3) is 11.4 Å². The van der Waals surface area contributed by atoms with Gasteiger partial charge in [0.15, 0.2) is 11.0 Å². The number of hydrogen-bond acceptors (Lipinski definition) is 3. The first kappa shape index (κ1) is 10.2. The third-order valence-electron chi connectivity index (χ3n) is 2.64. The highest BCUT2D eigenvalue weighted by molar-refractivity contribution is 7.99. The number of fused-ring (bicyclic) bond motifs is 1. The van der Waals surface area contributed by atoms with Crippen molar-refractivity contribution in [2.75, 3.05) is 5.75 Å². The maximum Gasteiger partial charge on any atom is 0.191 e. The zero-order valence-corrected chi connectivity index (χ0v) is 10.3. The van der Waals surface area contributed by atoms with Crippen molar-refractivity contribution in [2.24, 2.45) is 0 Å². The Kier molecular flexibility index (Phi) is 2.41. The average Bonchev–Trinajstić information content (AvgIpc) is 2.82. The molecule has 3 rings (SSSR count). The molecule has 2 aromatic rings. The first-order valence-corrected chi connectivity index (χ1v) is 6.45. The summed E-state index contributed by atoms with van der Waals surface area (Å²) in [7, 11) is 0. The molecular formula is C11H10ClN3S. The Morgan fingerprint density at radius 2 is 2.31 bits per heavy atom. The van der Waals surface area contributed by atoms with E-state index in [1.807, 2.05) is 24.3 Å². The van der Waals surface area contributed by atoms with E-state index >= 15 is 0 Å². The van der Waals surface area contributed by atoms with Crippen LogP contribution in [0.2, 0.25) is 5.02 Å². The van der Waals surface area contributed by atoms with Gasteiger partial charge in [-0.1, -0.05) is 35.5 Å². The van der Waals surface area contributed by atoms with Crippen LogP contribution in [-0.2, 0) is 0 Å². The largest absolute Gasteiger partial charge is 0.298 e. The smallest absolute Gasteiger partial charge is 0.191 e. The highest BCUT2D eigenvalue weighted by Crippen LogP contribution is 2.36. The lowest BCUT2D eigenvalue weighted by Gasteiger charge is -2.08. The van der Waals surface area contributed by atoms with Crippen molar-refractivity contribution in [2.45, 2.75) is 18.1 Å². The van der Waals surface area contributed by atoms with Gasteiger partial charge in [0.25, 0.3) is 0 Å². The molecule has 16 heavy (non-hydrogen) atoms. The van der Waals surface area contributed by atoms with Gasteiger partial charge in [0.1, 0.15) is 0 Å². The molecule has 0 spiro atoms. The second-order valence-electron chi connectivity index (χ2n) is 3.85. The second-order valence-corrected chi connectivity index (χ2v) is 5.27. The molecule has 0 aliphatic carbocycles. The van der Waals surface area contributed by atoms with Gasteiger partial charge < -0.3 is 0 Å². The molecule has 1 aromatic carbocycles. The average molecular weight is 252 g/mol. The Hall–Kier alpha value is -1.00. The summed E-state index contributed by atoms with van der Waals surface area (Å²) in [6, 6.07) is 8.19. The molecule has 1 unspecified atom stereocenters. The minimum atomic E-state index is 0.448. The van der Waals surface area contributed by atoms with Crippen LogP contribution in [0.1, 0.15) is 13.0 Å². The summed E-state index contributed by atoms with van der Waals surface area (Å²) in [6.45, 7) is 2.18. The lowest BCUT2D eigenvalue weighted by atomic mass is 10.2. The monoisotopic (exact) mass is 251 g/mol. The van der Waals surface area contributed by atoms with Gasteiger partial charge in [0, 0.05) is 22.4 Å². The zero-order valence-electron chi connectivity index (χ0n) is 8.72. The Bertz CT molecular complexity index is 538. The molecule has 1 aromatic heterocycles. The van der Waals surface area contributed by atoms with Crippen LogP contribution in [0.15, 0.2) is 29.4 Å².